The third-order valence-electron chi connectivity index (χ3n) is 4.68. The third kappa shape index (κ3) is 2.68. The van der Waals surface area contributed by atoms with Crippen LogP contribution in [0.4, 0.5) is 0 Å². The van der Waals surface area contributed by atoms with Crippen molar-refractivity contribution in [1.82, 2.24) is 0 Å². The van der Waals surface area contributed by atoms with E-state index in [1.54, 1.807) is 0 Å². The second kappa shape index (κ2) is 5.72. The molecular formula is C14H22O4. The SMILES string of the molecule is COC(=O)[C@@H]1CC[C@@H]2C[C@@H](C(=O)OC)CC[C@H]2C1. The van der Waals surface area contributed by atoms with E-state index in [1.165, 1.54) is 14.2 Å². The van der Waals surface area contributed by atoms with Crippen LogP contribution in [0, 0.1) is 23.7 Å². The lowest BCUT2D eigenvalue weighted by Crippen LogP contribution is -2.36. The Kier molecular flexibility index (Phi) is 4.25. The molecule has 2 rings (SSSR count). The summed E-state index contributed by atoms with van der Waals surface area (Å²) in [6.45, 7) is 0. The fourth-order valence-corrected chi connectivity index (χ4v) is 3.65. The van der Waals surface area contributed by atoms with E-state index in [1.807, 2.05) is 0 Å². The van der Waals surface area contributed by atoms with Crippen LogP contribution >= 0.6 is 0 Å². The quantitative estimate of drug-likeness (QED) is 0.709. The first-order valence-corrected chi connectivity index (χ1v) is 6.81. The van der Waals surface area contributed by atoms with Gasteiger partial charge in [0, 0.05) is 0 Å². The highest BCUT2D eigenvalue weighted by Gasteiger charge is 2.40. The number of esters is 2. The number of hydrogen-bond donors (Lipinski definition) is 0. The van der Waals surface area contributed by atoms with E-state index in [2.05, 4.69) is 0 Å². The van der Waals surface area contributed by atoms with Crippen molar-refractivity contribution in [2.24, 2.45) is 23.7 Å². The van der Waals surface area contributed by atoms with E-state index in [0.717, 1.165) is 38.5 Å². The van der Waals surface area contributed by atoms with E-state index in [-0.39, 0.29) is 23.8 Å². The monoisotopic (exact) mass is 254 g/mol. The van der Waals surface area contributed by atoms with Gasteiger partial charge in [0.15, 0.2) is 0 Å². The van der Waals surface area contributed by atoms with Crippen molar-refractivity contribution in [2.75, 3.05) is 14.2 Å². The zero-order chi connectivity index (χ0) is 13.1. The van der Waals surface area contributed by atoms with E-state index >= 15 is 0 Å². The maximum Gasteiger partial charge on any atom is 0.308 e. The number of carbonyl (C=O) groups excluding carboxylic acids is 2. The Balaban J connectivity index is 1.91. The topological polar surface area (TPSA) is 52.6 Å². The molecule has 0 aromatic carbocycles. The Bertz CT molecular complexity index is 294. The average molecular weight is 254 g/mol. The van der Waals surface area contributed by atoms with E-state index in [0.29, 0.717) is 11.8 Å². The molecule has 0 spiro atoms. The van der Waals surface area contributed by atoms with Gasteiger partial charge in [-0.3, -0.25) is 9.59 Å². The first-order valence-electron chi connectivity index (χ1n) is 6.81. The summed E-state index contributed by atoms with van der Waals surface area (Å²) in [5.41, 5.74) is 0. The van der Waals surface area contributed by atoms with Crippen LogP contribution < -0.4 is 0 Å². The molecule has 0 heterocycles. The molecule has 2 aliphatic carbocycles. The maximum atomic E-state index is 11.6. The van der Waals surface area contributed by atoms with Gasteiger partial charge in [0.2, 0.25) is 0 Å². The van der Waals surface area contributed by atoms with Crippen molar-refractivity contribution in [3.8, 4) is 0 Å². The molecule has 0 saturated heterocycles. The van der Waals surface area contributed by atoms with E-state index in [4.69, 9.17) is 9.47 Å². The molecule has 0 unspecified atom stereocenters. The number of carbonyl (C=O) groups is 2. The number of ether oxygens (including phenoxy) is 2. The number of methoxy groups -OCH3 is 2. The molecule has 102 valence electrons. The lowest BCUT2D eigenvalue weighted by Gasteiger charge is -2.40. The predicted octanol–water partition coefficient (Wildman–Crippen LogP) is 2.17. The molecule has 0 bridgehead atoms. The molecule has 4 nitrogen and oxygen atoms in total. The Hall–Kier alpha value is -1.06. The smallest absolute Gasteiger partial charge is 0.308 e. The van der Waals surface area contributed by atoms with Gasteiger partial charge in [0.05, 0.1) is 26.1 Å². The van der Waals surface area contributed by atoms with Crippen LogP contribution in [0.25, 0.3) is 0 Å². The van der Waals surface area contributed by atoms with Crippen LogP contribution in [-0.4, -0.2) is 26.2 Å². The number of rotatable bonds is 2. The summed E-state index contributed by atoms with van der Waals surface area (Å²) in [6.07, 6.45) is 5.76. The van der Waals surface area contributed by atoms with Gasteiger partial charge in [-0.15, -0.1) is 0 Å². The zero-order valence-corrected chi connectivity index (χ0v) is 11.2. The van der Waals surface area contributed by atoms with Crippen LogP contribution in [-0.2, 0) is 19.1 Å². The van der Waals surface area contributed by atoms with Gasteiger partial charge < -0.3 is 9.47 Å². The summed E-state index contributed by atoms with van der Waals surface area (Å²) < 4.78 is 9.67. The largest absolute Gasteiger partial charge is 0.469 e. The Morgan fingerprint density at radius 2 is 1.17 bits per heavy atom. The minimum absolute atomic E-state index is 0.0662. The Morgan fingerprint density at radius 1 is 0.778 bits per heavy atom. The van der Waals surface area contributed by atoms with Crippen molar-refractivity contribution in [2.45, 2.75) is 38.5 Å². The van der Waals surface area contributed by atoms with Gasteiger partial charge in [0.25, 0.3) is 0 Å². The second-order valence-corrected chi connectivity index (χ2v) is 5.59. The highest BCUT2D eigenvalue weighted by atomic mass is 16.5. The molecule has 18 heavy (non-hydrogen) atoms. The first-order chi connectivity index (χ1) is 8.65. The summed E-state index contributed by atoms with van der Waals surface area (Å²) >= 11 is 0. The van der Waals surface area contributed by atoms with Gasteiger partial charge in [-0.25, -0.2) is 0 Å². The van der Waals surface area contributed by atoms with Crippen molar-refractivity contribution in [3.63, 3.8) is 0 Å². The minimum atomic E-state index is -0.0662. The second-order valence-electron chi connectivity index (χ2n) is 5.59. The summed E-state index contributed by atoms with van der Waals surface area (Å²) in [4.78, 5) is 23.1. The van der Waals surface area contributed by atoms with Crippen LogP contribution in [0.1, 0.15) is 38.5 Å². The van der Waals surface area contributed by atoms with Gasteiger partial charge in [-0.05, 0) is 50.4 Å². The summed E-state index contributed by atoms with van der Waals surface area (Å²) in [5.74, 6) is 1.19. The fourth-order valence-electron chi connectivity index (χ4n) is 3.65. The number of hydrogen-bond acceptors (Lipinski definition) is 4. The fraction of sp³-hybridized carbons (Fsp3) is 0.857. The molecule has 4 heteroatoms. The van der Waals surface area contributed by atoms with Crippen molar-refractivity contribution in [3.05, 3.63) is 0 Å². The molecular weight excluding hydrogens is 232 g/mol. The Labute approximate surface area is 108 Å². The molecule has 0 amide bonds. The maximum absolute atomic E-state index is 11.6. The zero-order valence-electron chi connectivity index (χ0n) is 11.2. The molecule has 0 aromatic heterocycles. The van der Waals surface area contributed by atoms with Crippen LogP contribution in [0.2, 0.25) is 0 Å². The standard InChI is InChI=1S/C14H22O4/c1-17-13(15)11-5-3-10-8-12(14(16)18-2)6-4-9(10)7-11/h9-12H,3-8H2,1-2H3/t9-,10+,11+,12-. The van der Waals surface area contributed by atoms with Crippen LogP contribution in [0.3, 0.4) is 0 Å². The lowest BCUT2D eigenvalue weighted by atomic mass is 9.65. The molecule has 2 fully saturated rings. The van der Waals surface area contributed by atoms with Gasteiger partial charge in [0.1, 0.15) is 0 Å². The first kappa shape index (κ1) is 13.4. The van der Waals surface area contributed by atoms with Gasteiger partial charge in [-0.1, -0.05) is 0 Å². The molecule has 0 N–H and O–H groups in total. The van der Waals surface area contributed by atoms with Crippen molar-refractivity contribution < 1.29 is 19.1 Å². The van der Waals surface area contributed by atoms with Crippen LogP contribution in [0.15, 0.2) is 0 Å². The average Bonchev–Trinajstić information content (AvgIpc) is 2.44. The predicted molar refractivity (Wildman–Crippen MR) is 65.7 cm³/mol. The highest BCUT2D eigenvalue weighted by molar-refractivity contribution is 5.73. The summed E-state index contributed by atoms with van der Waals surface area (Å²) in [7, 11) is 2.92. The third-order valence-corrected chi connectivity index (χ3v) is 4.68. The minimum Gasteiger partial charge on any atom is -0.469 e. The molecule has 0 radical (unpaired) electrons. The molecule has 0 aromatic rings. The molecule has 2 aliphatic rings. The molecule has 4 atom stereocenters. The van der Waals surface area contributed by atoms with Crippen LogP contribution in [0.5, 0.6) is 0 Å². The van der Waals surface area contributed by atoms with E-state index in [9.17, 15) is 9.59 Å². The van der Waals surface area contributed by atoms with Gasteiger partial charge >= 0.3 is 11.9 Å². The Morgan fingerprint density at radius 3 is 1.50 bits per heavy atom. The normalized spacial score (nSPS) is 35.4. The van der Waals surface area contributed by atoms with Gasteiger partial charge in [-0.2, -0.15) is 0 Å². The lowest BCUT2D eigenvalue weighted by molar-refractivity contribution is -0.151. The van der Waals surface area contributed by atoms with E-state index < -0.39 is 0 Å². The number of fused-ring (bicyclic) bond motifs is 1. The highest BCUT2D eigenvalue weighted by Crippen LogP contribution is 2.45. The molecule has 2 saturated carbocycles. The summed E-state index contributed by atoms with van der Waals surface area (Å²) in [6, 6.07) is 0. The van der Waals surface area contributed by atoms with Crippen molar-refractivity contribution in [1.29, 1.82) is 0 Å². The molecule has 0 aliphatic heterocycles. The summed E-state index contributed by atoms with van der Waals surface area (Å²) in [5, 5.41) is 0. The van der Waals surface area contributed by atoms with Crippen molar-refractivity contribution >= 4 is 11.9 Å².